The van der Waals surface area contributed by atoms with Crippen molar-refractivity contribution in [1.29, 1.82) is 0 Å². The zero-order chi connectivity index (χ0) is 22.8. The third-order valence-corrected chi connectivity index (χ3v) is 5.53. The van der Waals surface area contributed by atoms with Crippen molar-refractivity contribution >= 4 is 39.1 Å². The predicted molar refractivity (Wildman–Crippen MR) is 109 cm³/mol. The molecule has 0 saturated heterocycles. The first-order chi connectivity index (χ1) is 14.6. The van der Waals surface area contributed by atoms with Gasteiger partial charge in [0.1, 0.15) is 11.6 Å². The number of nitrogens with zero attached hydrogens (tertiary/aromatic N) is 3. The van der Waals surface area contributed by atoms with Crippen molar-refractivity contribution in [3.05, 3.63) is 52.2 Å². The lowest BCUT2D eigenvalue weighted by Gasteiger charge is -2.27. The monoisotopic (exact) mass is 450 g/mol. The van der Waals surface area contributed by atoms with Gasteiger partial charge in [0.15, 0.2) is 6.10 Å². The molecule has 2 heterocycles. The zero-order valence-electron chi connectivity index (χ0n) is 16.5. The highest BCUT2D eigenvalue weighted by molar-refractivity contribution is 7.90. The van der Waals surface area contributed by atoms with Crippen molar-refractivity contribution in [2.24, 2.45) is 4.40 Å². The molecule has 1 unspecified atom stereocenters. The number of hydrogen-bond donors (Lipinski definition) is 1. The topological polar surface area (TPSA) is 158 Å². The Labute approximate surface area is 177 Å². The Bertz CT molecular complexity index is 1140. The van der Waals surface area contributed by atoms with E-state index in [9.17, 15) is 28.1 Å². The SMILES string of the molecule is COc1ccc([N+](=O)[O-])cc1NC(=O)C(C)OC(=O)C1=CN2CCS(=O)(=O)N=C2C=C1. The van der Waals surface area contributed by atoms with Crippen LogP contribution in [0.1, 0.15) is 6.92 Å². The second kappa shape index (κ2) is 8.55. The van der Waals surface area contributed by atoms with Crippen LogP contribution in [-0.4, -0.2) is 61.5 Å². The van der Waals surface area contributed by atoms with Gasteiger partial charge in [-0.25, -0.2) is 13.2 Å². The maximum absolute atomic E-state index is 12.4. The number of nitro groups is 1. The van der Waals surface area contributed by atoms with Crippen LogP contribution in [0.4, 0.5) is 11.4 Å². The molecule has 1 atom stereocenters. The van der Waals surface area contributed by atoms with Gasteiger partial charge in [-0.15, -0.1) is 4.40 Å². The van der Waals surface area contributed by atoms with Crippen molar-refractivity contribution < 1.29 is 32.4 Å². The fraction of sp³-hybridized carbons (Fsp3) is 0.278. The minimum Gasteiger partial charge on any atom is -0.495 e. The number of amides is 1. The molecule has 2 aliphatic heterocycles. The van der Waals surface area contributed by atoms with E-state index in [-0.39, 0.29) is 40.8 Å². The maximum atomic E-state index is 12.4. The molecule has 1 aromatic rings. The Morgan fingerprint density at radius 1 is 1.32 bits per heavy atom. The number of methoxy groups -OCH3 is 1. The Morgan fingerprint density at radius 3 is 2.74 bits per heavy atom. The van der Waals surface area contributed by atoms with Gasteiger partial charge in [-0.3, -0.25) is 14.9 Å². The maximum Gasteiger partial charge on any atom is 0.340 e. The lowest BCUT2D eigenvalue weighted by atomic mass is 10.2. The van der Waals surface area contributed by atoms with E-state index in [0.717, 1.165) is 6.07 Å². The van der Waals surface area contributed by atoms with E-state index in [4.69, 9.17) is 9.47 Å². The van der Waals surface area contributed by atoms with Crippen molar-refractivity contribution in [3.63, 3.8) is 0 Å². The van der Waals surface area contributed by atoms with E-state index < -0.39 is 32.9 Å². The van der Waals surface area contributed by atoms with Crippen LogP contribution in [-0.2, 0) is 24.3 Å². The van der Waals surface area contributed by atoms with E-state index in [1.807, 2.05) is 0 Å². The van der Waals surface area contributed by atoms with E-state index in [1.54, 1.807) is 0 Å². The third-order valence-electron chi connectivity index (χ3n) is 4.36. The highest BCUT2D eigenvalue weighted by atomic mass is 32.2. The quantitative estimate of drug-likeness (QED) is 0.379. The van der Waals surface area contributed by atoms with Crippen LogP contribution >= 0.6 is 0 Å². The molecule has 13 heteroatoms. The van der Waals surface area contributed by atoms with E-state index in [0.29, 0.717) is 0 Å². The largest absolute Gasteiger partial charge is 0.495 e. The second-order valence-electron chi connectivity index (χ2n) is 6.53. The number of esters is 1. The lowest BCUT2D eigenvalue weighted by Crippen LogP contribution is -2.37. The van der Waals surface area contributed by atoms with E-state index in [1.165, 1.54) is 49.4 Å². The van der Waals surface area contributed by atoms with Gasteiger partial charge in [-0.2, -0.15) is 0 Å². The van der Waals surface area contributed by atoms with Crippen molar-refractivity contribution in [2.75, 3.05) is 24.7 Å². The highest BCUT2D eigenvalue weighted by Crippen LogP contribution is 2.29. The lowest BCUT2D eigenvalue weighted by molar-refractivity contribution is -0.384. The number of amidine groups is 1. The molecule has 0 bridgehead atoms. The molecule has 1 aromatic carbocycles. The number of carbonyl (C=O) groups is 2. The molecule has 164 valence electrons. The molecule has 0 fully saturated rings. The Morgan fingerprint density at radius 2 is 2.06 bits per heavy atom. The molecule has 0 aliphatic carbocycles. The summed E-state index contributed by atoms with van der Waals surface area (Å²) in [4.78, 5) is 36.7. The molecular weight excluding hydrogens is 432 g/mol. The Kier molecular flexibility index (Phi) is 6.06. The fourth-order valence-electron chi connectivity index (χ4n) is 2.75. The van der Waals surface area contributed by atoms with Crippen molar-refractivity contribution in [3.8, 4) is 5.75 Å². The molecule has 1 amide bonds. The molecule has 1 N–H and O–H groups in total. The summed E-state index contributed by atoms with van der Waals surface area (Å²) in [5.74, 6) is -1.34. The summed E-state index contributed by atoms with van der Waals surface area (Å²) in [6.45, 7) is 1.47. The molecule has 31 heavy (non-hydrogen) atoms. The van der Waals surface area contributed by atoms with Gasteiger partial charge in [-0.1, -0.05) is 0 Å². The van der Waals surface area contributed by atoms with Gasteiger partial charge in [-0.05, 0) is 25.1 Å². The first-order valence-electron chi connectivity index (χ1n) is 8.93. The minimum absolute atomic E-state index is 0.0526. The van der Waals surface area contributed by atoms with Crippen LogP contribution in [0.25, 0.3) is 0 Å². The minimum atomic E-state index is -3.52. The average Bonchev–Trinajstić information content (AvgIpc) is 2.72. The smallest absolute Gasteiger partial charge is 0.340 e. The molecular formula is C18H18N4O8S. The van der Waals surface area contributed by atoms with Gasteiger partial charge < -0.3 is 19.7 Å². The molecule has 12 nitrogen and oxygen atoms in total. The summed E-state index contributed by atoms with van der Waals surface area (Å²) < 4.78 is 36.9. The molecule has 0 aromatic heterocycles. The molecule has 0 saturated carbocycles. The fourth-order valence-corrected chi connectivity index (χ4v) is 3.71. The van der Waals surface area contributed by atoms with Gasteiger partial charge in [0.05, 0.1) is 29.0 Å². The number of rotatable bonds is 6. The number of non-ortho nitro benzene ring substituents is 1. The zero-order valence-corrected chi connectivity index (χ0v) is 17.3. The number of carbonyl (C=O) groups excluding carboxylic acids is 2. The first kappa shape index (κ1) is 22.0. The summed E-state index contributed by atoms with van der Waals surface area (Å²) in [6, 6.07) is 3.69. The first-order valence-corrected chi connectivity index (χ1v) is 10.5. The number of ether oxygens (including phenoxy) is 2. The Balaban J connectivity index is 1.68. The van der Waals surface area contributed by atoms with Crippen LogP contribution in [0, 0.1) is 10.1 Å². The number of hydrogen-bond acceptors (Lipinski definition) is 9. The normalized spacial score (nSPS) is 17.5. The number of anilines is 1. The molecule has 0 spiro atoms. The summed E-state index contributed by atoms with van der Waals surface area (Å²) in [7, 11) is -2.18. The van der Waals surface area contributed by atoms with E-state index >= 15 is 0 Å². The highest BCUT2D eigenvalue weighted by Gasteiger charge is 2.27. The van der Waals surface area contributed by atoms with Crippen molar-refractivity contribution in [1.82, 2.24) is 4.90 Å². The number of nitrogens with one attached hydrogen (secondary N) is 1. The van der Waals surface area contributed by atoms with E-state index in [2.05, 4.69) is 9.71 Å². The Hall–Kier alpha value is -3.74. The molecule has 2 aliphatic rings. The summed E-state index contributed by atoms with van der Waals surface area (Å²) in [6.07, 6.45) is 2.87. The van der Waals surface area contributed by atoms with Gasteiger partial charge >= 0.3 is 5.97 Å². The number of benzene rings is 1. The van der Waals surface area contributed by atoms with Crippen molar-refractivity contribution in [2.45, 2.75) is 13.0 Å². The average molecular weight is 450 g/mol. The molecule has 0 radical (unpaired) electrons. The van der Waals surface area contributed by atoms with Crippen LogP contribution < -0.4 is 10.1 Å². The molecule has 3 rings (SSSR count). The third kappa shape index (κ3) is 5.06. The summed E-state index contributed by atoms with van der Waals surface area (Å²) in [5.41, 5.74) is -0.0955. The predicted octanol–water partition coefficient (Wildman–Crippen LogP) is 0.971. The van der Waals surface area contributed by atoms with Crippen LogP contribution in [0.2, 0.25) is 0 Å². The number of nitro benzene ring substituents is 1. The van der Waals surface area contributed by atoms with Gasteiger partial charge in [0.2, 0.25) is 0 Å². The second-order valence-corrected chi connectivity index (χ2v) is 8.28. The summed E-state index contributed by atoms with van der Waals surface area (Å²) >= 11 is 0. The standard InChI is InChI=1S/C18H18N4O8S/c1-11(17(23)19-14-9-13(22(25)26)4-5-15(14)29-2)30-18(24)12-3-6-16-20-31(27,28)8-7-21(16)10-12/h3-6,9-11H,7-8H2,1-2H3,(H,19,23). The summed E-state index contributed by atoms with van der Waals surface area (Å²) in [5, 5.41) is 13.4. The number of sulfonamides is 1. The van der Waals surface area contributed by atoms with Gasteiger partial charge in [0.25, 0.3) is 21.6 Å². The van der Waals surface area contributed by atoms with Crippen LogP contribution in [0.3, 0.4) is 0 Å². The van der Waals surface area contributed by atoms with Crippen LogP contribution in [0.15, 0.2) is 46.5 Å². The van der Waals surface area contributed by atoms with Gasteiger partial charge in [0, 0.05) is 24.9 Å². The number of fused-ring (bicyclic) bond motifs is 1. The van der Waals surface area contributed by atoms with Crippen LogP contribution in [0.5, 0.6) is 5.75 Å².